The number of esters is 1. The van der Waals surface area contributed by atoms with E-state index in [4.69, 9.17) is 18.7 Å². The van der Waals surface area contributed by atoms with Gasteiger partial charge in [-0.25, -0.2) is 25.6 Å². The maximum absolute atomic E-state index is 13.5. The molecule has 364 valence electrons. The van der Waals surface area contributed by atoms with Crippen LogP contribution in [0.5, 0.6) is 0 Å². The zero-order valence-corrected chi connectivity index (χ0v) is 40.1. The number of fused-ring (bicyclic) bond motifs is 2. The summed E-state index contributed by atoms with van der Waals surface area (Å²) in [5, 5.41) is 14.8. The van der Waals surface area contributed by atoms with Crippen molar-refractivity contribution >= 4 is 77.6 Å². The molecular formula is C46H52F2N6O12S2. The van der Waals surface area contributed by atoms with E-state index in [1.807, 2.05) is 0 Å². The van der Waals surface area contributed by atoms with Crippen LogP contribution in [0, 0.1) is 11.6 Å². The number of aromatic nitrogens is 2. The number of pyridine rings is 2. The minimum atomic E-state index is -3.66. The van der Waals surface area contributed by atoms with E-state index in [0.29, 0.717) is 78.2 Å². The summed E-state index contributed by atoms with van der Waals surface area (Å²) in [4.78, 5) is 56.9. The normalized spacial score (nSPS) is 11.5. The van der Waals surface area contributed by atoms with Crippen LogP contribution in [0.3, 0.4) is 0 Å². The van der Waals surface area contributed by atoms with Crippen molar-refractivity contribution in [1.29, 1.82) is 0 Å². The number of carbonyl (C=O) groups is 4. The van der Waals surface area contributed by atoms with Gasteiger partial charge in [-0.15, -0.1) is 0 Å². The van der Waals surface area contributed by atoms with Gasteiger partial charge in [0.25, 0.3) is 11.8 Å². The molecule has 0 spiro atoms. The number of sulfonamides is 2. The number of hydrogen-bond donors (Lipinski definition) is 3. The predicted octanol–water partition coefficient (Wildman–Crippen LogP) is 6.85. The molecule has 0 unspecified atom stereocenters. The minimum absolute atomic E-state index is 0.0170. The van der Waals surface area contributed by atoms with Gasteiger partial charge in [-0.3, -0.25) is 27.8 Å². The Hall–Kier alpha value is -6.94. The lowest BCUT2D eigenvalue weighted by Gasteiger charge is -2.19. The summed E-state index contributed by atoms with van der Waals surface area (Å²) in [6.45, 7) is 2.04. The van der Waals surface area contributed by atoms with Crippen LogP contribution in [0.4, 0.5) is 20.4 Å². The van der Waals surface area contributed by atoms with Crippen molar-refractivity contribution < 1.29 is 63.5 Å². The summed E-state index contributed by atoms with van der Waals surface area (Å²) in [6.07, 6.45) is 5.04. The highest BCUT2D eigenvalue weighted by Gasteiger charge is 2.28. The number of rotatable bonds is 19. The Morgan fingerprint density at radius 2 is 1.04 bits per heavy atom. The van der Waals surface area contributed by atoms with Crippen molar-refractivity contribution in [2.75, 3.05) is 55.9 Å². The molecular weight excluding hydrogens is 931 g/mol. The third kappa shape index (κ3) is 12.5. The van der Waals surface area contributed by atoms with Crippen LogP contribution in [0.2, 0.25) is 0 Å². The Kier molecular flexibility index (Phi) is 17.0. The standard InChI is InChI=1S/C24H28FN3O6S.C22H24FN3O6S/c1-5-33-19(29)9-7-6-8-16-14-18-20(23(30)26-2)21(15-10-12-17(25)13-11-15)34-24(18)27-22(16)28(3)35(4,31)32;1-24-21(29)18-16-12-14(6-4-5-7-17(27)28)20(26(2)33(3,30)31)25-22(16)32-19(18)13-8-10-15(23)11-9-13/h10-14H,5-9H2,1-4H3,(H,26,30);8-12H,4-7H2,1-3H3,(H,24,29)(H,27,28). The molecule has 4 aromatic heterocycles. The fourth-order valence-corrected chi connectivity index (χ4v) is 8.00. The quantitative estimate of drug-likeness (QED) is 0.0555. The number of ether oxygens (including phenoxy) is 1. The van der Waals surface area contributed by atoms with E-state index in [1.165, 1.54) is 76.7 Å². The number of aliphatic carboxylic acids is 1. The number of halogens is 2. The van der Waals surface area contributed by atoms with E-state index in [0.717, 1.165) is 21.1 Å². The number of unbranched alkanes of at least 4 members (excludes halogenated alkanes) is 2. The van der Waals surface area contributed by atoms with Gasteiger partial charge in [0.1, 0.15) is 34.8 Å². The number of amides is 2. The van der Waals surface area contributed by atoms with Gasteiger partial charge >= 0.3 is 11.9 Å². The first-order chi connectivity index (χ1) is 32.1. The largest absolute Gasteiger partial charge is 0.481 e. The first kappa shape index (κ1) is 52.0. The summed E-state index contributed by atoms with van der Waals surface area (Å²) >= 11 is 0. The minimum Gasteiger partial charge on any atom is -0.481 e. The number of nitrogens with one attached hydrogen (secondary N) is 2. The van der Waals surface area contributed by atoms with Crippen LogP contribution >= 0.6 is 0 Å². The molecule has 2 aromatic carbocycles. The van der Waals surface area contributed by atoms with Crippen molar-refractivity contribution in [1.82, 2.24) is 20.6 Å². The van der Waals surface area contributed by atoms with Crippen molar-refractivity contribution in [2.24, 2.45) is 0 Å². The van der Waals surface area contributed by atoms with E-state index < -0.39 is 49.5 Å². The maximum Gasteiger partial charge on any atom is 0.305 e. The molecule has 0 atom stereocenters. The average Bonchev–Trinajstić information content (AvgIpc) is 3.85. The maximum atomic E-state index is 13.5. The van der Waals surface area contributed by atoms with Crippen molar-refractivity contribution in [3.05, 3.63) is 94.6 Å². The lowest BCUT2D eigenvalue weighted by atomic mass is 10.0. The van der Waals surface area contributed by atoms with Crippen LogP contribution in [0.15, 0.2) is 69.5 Å². The fourth-order valence-electron chi connectivity index (χ4n) is 7.06. The molecule has 6 aromatic rings. The number of hydrogen-bond acceptors (Lipinski definition) is 13. The predicted molar refractivity (Wildman–Crippen MR) is 251 cm³/mol. The number of aryl methyl sites for hydroxylation is 2. The third-order valence-corrected chi connectivity index (χ3v) is 13.0. The average molecular weight is 983 g/mol. The molecule has 2 amide bonds. The van der Waals surface area contributed by atoms with Crippen LogP contribution in [0.25, 0.3) is 44.8 Å². The van der Waals surface area contributed by atoms with Crippen molar-refractivity contribution in [2.45, 2.75) is 58.3 Å². The summed E-state index contributed by atoms with van der Waals surface area (Å²) in [5.74, 6) is -2.32. The first-order valence-corrected chi connectivity index (χ1v) is 24.9. The SMILES string of the molecule is CCOC(=O)CCCCc1cc2c(C(=O)NC)c(-c3ccc(F)cc3)oc2nc1N(C)S(C)(=O)=O.CNC(=O)c1c(-c2ccc(F)cc2)oc2nc(N(C)S(C)(=O)=O)c(CCCCC(=O)O)cc12. The summed E-state index contributed by atoms with van der Waals surface area (Å²) in [7, 11) is -1.63. The van der Waals surface area contributed by atoms with Gasteiger partial charge in [0.2, 0.25) is 31.5 Å². The Labute approximate surface area is 391 Å². The molecule has 0 radical (unpaired) electrons. The Balaban J connectivity index is 0.000000255. The Morgan fingerprint density at radius 1 is 0.662 bits per heavy atom. The molecule has 0 saturated heterocycles. The topological polar surface area (TPSA) is 249 Å². The van der Waals surface area contributed by atoms with Crippen LogP contribution in [0.1, 0.15) is 77.3 Å². The molecule has 0 saturated carbocycles. The zero-order valence-electron chi connectivity index (χ0n) is 38.4. The number of nitrogens with zero attached hydrogens (tertiary/aromatic N) is 4. The molecule has 0 fully saturated rings. The van der Waals surface area contributed by atoms with Gasteiger partial charge < -0.3 is 29.3 Å². The number of carboxylic acids is 1. The van der Waals surface area contributed by atoms with Crippen LogP contribution in [-0.4, -0.2) is 103 Å². The van der Waals surface area contributed by atoms with Gasteiger partial charge in [-0.2, -0.15) is 9.97 Å². The molecule has 3 N–H and O–H groups in total. The Bertz CT molecular complexity index is 3050. The molecule has 4 heterocycles. The molecule has 6 rings (SSSR count). The summed E-state index contributed by atoms with van der Waals surface area (Å²) in [6, 6.07) is 14.2. The second-order valence-corrected chi connectivity index (χ2v) is 19.5. The molecule has 18 nitrogen and oxygen atoms in total. The second kappa shape index (κ2) is 22.2. The molecule has 0 aliphatic carbocycles. The lowest BCUT2D eigenvalue weighted by Crippen LogP contribution is -2.27. The highest BCUT2D eigenvalue weighted by atomic mass is 32.2. The van der Waals surface area contributed by atoms with E-state index in [9.17, 15) is 44.8 Å². The van der Waals surface area contributed by atoms with E-state index in [2.05, 4.69) is 20.6 Å². The molecule has 0 aliphatic rings. The third-order valence-electron chi connectivity index (χ3n) is 10.7. The molecule has 0 aliphatic heterocycles. The number of anilines is 2. The van der Waals surface area contributed by atoms with Gasteiger partial charge in [-0.1, -0.05) is 0 Å². The zero-order chi connectivity index (χ0) is 50.1. The highest BCUT2D eigenvalue weighted by molar-refractivity contribution is 7.92. The molecule has 68 heavy (non-hydrogen) atoms. The second-order valence-electron chi connectivity index (χ2n) is 15.5. The van der Waals surface area contributed by atoms with Crippen LogP contribution in [-0.2, 0) is 47.2 Å². The Morgan fingerprint density at radius 3 is 1.38 bits per heavy atom. The van der Waals surface area contributed by atoms with Crippen LogP contribution < -0.4 is 19.2 Å². The summed E-state index contributed by atoms with van der Waals surface area (Å²) < 4.78 is 94.6. The van der Waals surface area contributed by atoms with Gasteiger partial charge in [-0.05, 0) is 117 Å². The number of carboxylic acid groups (broad SMARTS) is 1. The van der Waals surface area contributed by atoms with Gasteiger partial charge in [0, 0.05) is 52.2 Å². The smallest absolute Gasteiger partial charge is 0.305 e. The summed E-state index contributed by atoms with van der Waals surface area (Å²) in [5.41, 5.74) is 2.54. The van der Waals surface area contributed by atoms with Gasteiger partial charge in [0.05, 0.1) is 41.0 Å². The van der Waals surface area contributed by atoms with Crippen molar-refractivity contribution in [3.8, 4) is 22.6 Å². The highest BCUT2D eigenvalue weighted by Crippen LogP contribution is 2.38. The van der Waals surface area contributed by atoms with E-state index in [-0.39, 0.29) is 64.5 Å². The number of carbonyl (C=O) groups excluding carboxylic acids is 3. The molecule has 22 heteroatoms. The number of furan rings is 2. The molecule has 0 bridgehead atoms. The van der Waals surface area contributed by atoms with Crippen molar-refractivity contribution in [3.63, 3.8) is 0 Å². The number of benzene rings is 2. The first-order valence-electron chi connectivity index (χ1n) is 21.2. The lowest BCUT2D eigenvalue weighted by molar-refractivity contribution is -0.143. The van der Waals surface area contributed by atoms with E-state index in [1.54, 1.807) is 19.1 Å². The van der Waals surface area contributed by atoms with E-state index >= 15 is 0 Å². The fraction of sp³-hybridized carbons (Fsp3) is 0.348. The van der Waals surface area contributed by atoms with Gasteiger partial charge in [0.15, 0.2) is 0 Å². The monoisotopic (exact) mass is 982 g/mol.